The van der Waals surface area contributed by atoms with Gasteiger partial charge in [0.2, 0.25) is 0 Å². The van der Waals surface area contributed by atoms with Crippen molar-refractivity contribution in [2.75, 3.05) is 13.7 Å². The van der Waals surface area contributed by atoms with Crippen molar-refractivity contribution < 1.29 is 9.53 Å². The van der Waals surface area contributed by atoms with Gasteiger partial charge in [-0.3, -0.25) is 9.69 Å². The van der Waals surface area contributed by atoms with E-state index in [2.05, 4.69) is 13.8 Å². The molecule has 0 unspecified atom stereocenters. The number of benzene rings is 2. The standard InChI is InChI=1S/C24H22ClN3O2S2/c1-15(2)13-27-23(29)21(32-24(27)31)12-17-14-28(18-7-5-4-6-8-18)26-22(17)16-9-10-20(30-3)19(25)11-16/h4-12,14-15H,13H2,1-3H3/b21-12-. The second-order valence-electron chi connectivity index (χ2n) is 7.75. The summed E-state index contributed by atoms with van der Waals surface area (Å²) in [4.78, 5) is 15.3. The van der Waals surface area contributed by atoms with Crippen LogP contribution in [0.15, 0.2) is 59.6 Å². The van der Waals surface area contributed by atoms with Gasteiger partial charge in [-0.2, -0.15) is 5.10 Å². The summed E-state index contributed by atoms with van der Waals surface area (Å²) in [6.07, 6.45) is 3.78. The predicted molar refractivity (Wildman–Crippen MR) is 135 cm³/mol. The second kappa shape index (κ2) is 9.48. The number of rotatable bonds is 6. The van der Waals surface area contributed by atoms with Crippen molar-refractivity contribution in [1.82, 2.24) is 14.7 Å². The van der Waals surface area contributed by atoms with Gasteiger partial charge in [-0.1, -0.05) is 67.6 Å². The van der Waals surface area contributed by atoms with E-state index < -0.39 is 0 Å². The fourth-order valence-corrected chi connectivity index (χ4v) is 4.93. The average molecular weight is 484 g/mol. The number of methoxy groups -OCH3 is 1. The summed E-state index contributed by atoms with van der Waals surface area (Å²) in [7, 11) is 1.58. The molecule has 8 heteroatoms. The van der Waals surface area contributed by atoms with E-state index in [-0.39, 0.29) is 5.91 Å². The highest BCUT2D eigenvalue weighted by molar-refractivity contribution is 8.26. The first-order valence-corrected chi connectivity index (χ1v) is 11.7. The molecular weight excluding hydrogens is 462 g/mol. The molecule has 4 rings (SSSR count). The molecule has 1 aliphatic rings. The molecule has 2 heterocycles. The van der Waals surface area contributed by atoms with Gasteiger partial charge in [0.1, 0.15) is 15.8 Å². The Labute approximate surface area is 202 Å². The van der Waals surface area contributed by atoms with E-state index in [0.717, 1.165) is 16.8 Å². The molecule has 0 saturated carbocycles. The molecule has 0 spiro atoms. The van der Waals surface area contributed by atoms with Crippen LogP contribution in [0.4, 0.5) is 0 Å². The van der Waals surface area contributed by atoms with Crippen LogP contribution in [0.25, 0.3) is 23.0 Å². The van der Waals surface area contributed by atoms with E-state index in [9.17, 15) is 4.79 Å². The van der Waals surface area contributed by atoms with E-state index in [4.69, 9.17) is 33.7 Å². The van der Waals surface area contributed by atoms with Crippen LogP contribution in [-0.2, 0) is 4.79 Å². The van der Waals surface area contributed by atoms with Crippen molar-refractivity contribution in [1.29, 1.82) is 0 Å². The fourth-order valence-electron chi connectivity index (χ4n) is 3.41. The minimum atomic E-state index is -0.0696. The Morgan fingerprint density at radius 1 is 1.22 bits per heavy atom. The zero-order chi connectivity index (χ0) is 22.8. The van der Waals surface area contributed by atoms with Crippen LogP contribution >= 0.6 is 35.6 Å². The Kier molecular flexibility index (Phi) is 6.69. The third kappa shape index (κ3) is 4.60. The maximum Gasteiger partial charge on any atom is 0.266 e. The van der Waals surface area contributed by atoms with Crippen LogP contribution < -0.4 is 4.74 Å². The highest BCUT2D eigenvalue weighted by Gasteiger charge is 2.32. The lowest BCUT2D eigenvalue weighted by Crippen LogP contribution is -2.31. The van der Waals surface area contributed by atoms with Gasteiger partial charge in [-0.05, 0) is 42.3 Å². The first-order valence-electron chi connectivity index (χ1n) is 10.1. The Hall–Kier alpha value is -2.61. The third-order valence-corrected chi connectivity index (χ3v) is 6.57. The average Bonchev–Trinajstić information content (AvgIpc) is 3.31. The summed E-state index contributed by atoms with van der Waals surface area (Å²) in [6.45, 7) is 4.74. The number of aromatic nitrogens is 2. The maximum atomic E-state index is 13.0. The summed E-state index contributed by atoms with van der Waals surface area (Å²) < 4.78 is 7.66. The first-order chi connectivity index (χ1) is 15.4. The smallest absolute Gasteiger partial charge is 0.266 e. The van der Waals surface area contributed by atoms with E-state index >= 15 is 0 Å². The van der Waals surface area contributed by atoms with Gasteiger partial charge in [-0.25, -0.2) is 4.68 Å². The first kappa shape index (κ1) is 22.6. The highest BCUT2D eigenvalue weighted by atomic mass is 35.5. The van der Waals surface area contributed by atoms with Crippen molar-refractivity contribution in [2.45, 2.75) is 13.8 Å². The van der Waals surface area contributed by atoms with Crippen molar-refractivity contribution in [2.24, 2.45) is 5.92 Å². The van der Waals surface area contributed by atoms with E-state index in [1.807, 2.05) is 60.8 Å². The number of halogens is 1. The molecular formula is C24H22ClN3O2S2. The van der Waals surface area contributed by atoms with Crippen LogP contribution in [0.3, 0.4) is 0 Å². The molecule has 1 saturated heterocycles. The molecule has 164 valence electrons. The van der Waals surface area contributed by atoms with E-state index in [0.29, 0.717) is 38.2 Å². The van der Waals surface area contributed by atoms with Gasteiger partial charge in [0.15, 0.2) is 0 Å². The minimum absolute atomic E-state index is 0.0696. The molecule has 5 nitrogen and oxygen atoms in total. The molecule has 0 radical (unpaired) electrons. The van der Waals surface area contributed by atoms with E-state index in [1.165, 1.54) is 11.8 Å². The quantitative estimate of drug-likeness (QED) is 0.315. The lowest BCUT2D eigenvalue weighted by atomic mass is 10.1. The Morgan fingerprint density at radius 3 is 2.62 bits per heavy atom. The number of thiocarbonyl (C=S) groups is 1. The molecule has 0 aliphatic carbocycles. The van der Waals surface area contributed by atoms with Gasteiger partial charge in [0, 0.05) is 23.9 Å². The molecule has 0 N–H and O–H groups in total. The molecule has 32 heavy (non-hydrogen) atoms. The maximum absolute atomic E-state index is 13.0. The number of hydrogen-bond donors (Lipinski definition) is 0. The second-order valence-corrected chi connectivity index (χ2v) is 9.83. The SMILES string of the molecule is COc1ccc(-c2nn(-c3ccccc3)cc2/C=C2\SC(=S)N(CC(C)C)C2=O)cc1Cl. The predicted octanol–water partition coefficient (Wildman–Crippen LogP) is 6.06. The van der Waals surface area contributed by atoms with Gasteiger partial charge in [0.25, 0.3) is 5.91 Å². The summed E-state index contributed by atoms with van der Waals surface area (Å²) in [5, 5.41) is 5.30. The van der Waals surface area contributed by atoms with Gasteiger partial charge >= 0.3 is 0 Å². The number of thioether (sulfide) groups is 1. The lowest BCUT2D eigenvalue weighted by Gasteiger charge is -2.16. The zero-order valence-electron chi connectivity index (χ0n) is 17.9. The van der Waals surface area contributed by atoms with E-state index in [1.54, 1.807) is 16.7 Å². The van der Waals surface area contributed by atoms with Gasteiger partial charge in [0.05, 0.1) is 22.7 Å². The molecule has 2 aromatic carbocycles. The number of para-hydroxylation sites is 1. The largest absolute Gasteiger partial charge is 0.495 e. The summed E-state index contributed by atoms with van der Waals surface area (Å²) in [6, 6.07) is 15.4. The number of carbonyl (C=O) groups is 1. The number of carbonyl (C=O) groups excluding carboxylic acids is 1. The lowest BCUT2D eigenvalue weighted by molar-refractivity contribution is -0.122. The van der Waals surface area contributed by atoms with Crippen LogP contribution in [-0.4, -0.2) is 38.6 Å². The molecule has 1 amide bonds. The normalized spacial score (nSPS) is 15.3. The van der Waals surface area contributed by atoms with Crippen molar-refractivity contribution in [3.05, 3.63) is 70.2 Å². The molecule has 1 aromatic heterocycles. The van der Waals surface area contributed by atoms with Crippen molar-refractivity contribution in [3.63, 3.8) is 0 Å². The summed E-state index contributed by atoms with van der Waals surface area (Å²) in [5.74, 6) is 0.851. The minimum Gasteiger partial charge on any atom is -0.495 e. The van der Waals surface area contributed by atoms with Crippen molar-refractivity contribution >= 4 is 51.9 Å². The zero-order valence-corrected chi connectivity index (χ0v) is 20.3. The Balaban J connectivity index is 1.80. The van der Waals surface area contributed by atoms with Gasteiger partial charge in [-0.15, -0.1) is 0 Å². The summed E-state index contributed by atoms with van der Waals surface area (Å²) in [5.41, 5.74) is 3.27. The monoisotopic (exact) mass is 483 g/mol. The van der Waals surface area contributed by atoms with Crippen LogP contribution in [0.1, 0.15) is 19.4 Å². The topological polar surface area (TPSA) is 47.4 Å². The molecule has 1 fully saturated rings. The highest BCUT2D eigenvalue weighted by Crippen LogP contribution is 2.36. The molecule has 3 aromatic rings. The fraction of sp³-hybridized carbons (Fsp3) is 0.208. The van der Waals surface area contributed by atoms with Crippen LogP contribution in [0.5, 0.6) is 5.75 Å². The number of ether oxygens (including phenoxy) is 1. The number of hydrogen-bond acceptors (Lipinski definition) is 5. The Morgan fingerprint density at radius 2 is 1.97 bits per heavy atom. The molecule has 0 atom stereocenters. The molecule has 0 bridgehead atoms. The third-order valence-electron chi connectivity index (χ3n) is 4.90. The van der Waals surface area contributed by atoms with Crippen LogP contribution in [0, 0.1) is 5.92 Å². The Bertz CT molecular complexity index is 1210. The summed E-state index contributed by atoms with van der Waals surface area (Å²) >= 11 is 13.2. The van der Waals surface area contributed by atoms with Gasteiger partial charge < -0.3 is 4.74 Å². The van der Waals surface area contributed by atoms with Crippen molar-refractivity contribution in [3.8, 4) is 22.7 Å². The molecule has 1 aliphatic heterocycles. The van der Waals surface area contributed by atoms with Crippen LogP contribution in [0.2, 0.25) is 5.02 Å². The number of amides is 1. The number of nitrogens with zero attached hydrogens (tertiary/aromatic N) is 3.